The summed E-state index contributed by atoms with van der Waals surface area (Å²) >= 11 is 0. The normalized spacial score (nSPS) is 17.9. The molecule has 1 aliphatic heterocycles. The lowest BCUT2D eigenvalue weighted by Gasteiger charge is -2.31. The molecule has 162 valence electrons. The number of morpholine rings is 1. The van der Waals surface area contributed by atoms with Crippen molar-refractivity contribution in [2.45, 2.75) is 32.1 Å². The zero-order valence-electron chi connectivity index (χ0n) is 16.6. The number of amides is 2. The molecule has 30 heavy (non-hydrogen) atoms. The fourth-order valence-electron chi connectivity index (χ4n) is 3.93. The standard InChI is InChI=1S/C20H25N3O7/c24-17(21-15-5-1-2-6-16(15)23(27)28)14-30-19(26)20(7-3-4-8-20)13-18(25)22-9-11-29-12-10-22/h1-2,5-6H,3-4,7-14H2,(H,21,24). The van der Waals surface area contributed by atoms with Crippen LogP contribution in [0.4, 0.5) is 11.4 Å². The van der Waals surface area contributed by atoms with Crippen LogP contribution in [0.1, 0.15) is 32.1 Å². The van der Waals surface area contributed by atoms with Crippen molar-refractivity contribution in [2.24, 2.45) is 5.41 Å². The molecule has 1 N–H and O–H groups in total. The summed E-state index contributed by atoms with van der Waals surface area (Å²) in [6.07, 6.45) is 2.75. The van der Waals surface area contributed by atoms with Gasteiger partial charge in [0.1, 0.15) is 5.69 Å². The van der Waals surface area contributed by atoms with Crippen LogP contribution in [0.25, 0.3) is 0 Å². The Labute approximate surface area is 173 Å². The number of hydrogen-bond donors (Lipinski definition) is 1. The number of anilines is 1. The third-order valence-electron chi connectivity index (χ3n) is 5.56. The quantitative estimate of drug-likeness (QED) is 0.406. The number of carbonyl (C=O) groups is 3. The monoisotopic (exact) mass is 419 g/mol. The van der Waals surface area contributed by atoms with Gasteiger partial charge in [0.15, 0.2) is 6.61 Å². The lowest BCUT2D eigenvalue weighted by Crippen LogP contribution is -2.44. The van der Waals surface area contributed by atoms with Gasteiger partial charge >= 0.3 is 5.97 Å². The number of ether oxygens (including phenoxy) is 2. The van der Waals surface area contributed by atoms with Crippen molar-refractivity contribution in [1.82, 2.24) is 4.90 Å². The maximum atomic E-state index is 12.8. The first kappa shape index (κ1) is 21.7. The first-order chi connectivity index (χ1) is 14.4. The highest BCUT2D eigenvalue weighted by Gasteiger charge is 2.45. The van der Waals surface area contributed by atoms with E-state index in [9.17, 15) is 24.5 Å². The second kappa shape index (κ2) is 9.66. The molecule has 2 aliphatic rings. The summed E-state index contributed by atoms with van der Waals surface area (Å²) in [6.45, 7) is 1.40. The van der Waals surface area contributed by atoms with Gasteiger partial charge in [0.25, 0.3) is 11.6 Å². The third-order valence-corrected chi connectivity index (χ3v) is 5.56. The van der Waals surface area contributed by atoms with E-state index < -0.39 is 28.8 Å². The van der Waals surface area contributed by atoms with Crippen LogP contribution in [-0.2, 0) is 23.9 Å². The molecule has 1 aromatic rings. The highest BCUT2D eigenvalue weighted by atomic mass is 16.6. The van der Waals surface area contributed by atoms with Gasteiger partial charge in [-0.3, -0.25) is 24.5 Å². The zero-order chi connectivity index (χ0) is 21.6. The van der Waals surface area contributed by atoms with Crippen LogP contribution in [0.15, 0.2) is 24.3 Å². The van der Waals surface area contributed by atoms with E-state index in [1.165, 1.54) is 18.2 Å². The molecule has 0 bridgehead atoms. The lowest BCUT2D eigenvalue weighted by atomic mass is 9.82. The molecule has 0 aromatic heterocycles. The Balaban J connectivity index is 1.58. The van der Waals surface area contributed by atoms with Crippen LogP contribution in [0.3, 0.4) is 0 Å². The highest BCUT2D eigenvalue weighted by Crippen LogP contribution is 2.42. The Bertz CT molecular complexity index is 814. The average Bonchev–Trinajstić information content (AvgIpc) is 3.22. The Kier molecular flexibility index (Phi) is 6.99. The number of para-hydroxylation sites is 2. The Morgan fingerprint density at radius 2 is 1.83 bits per heavy atom. The number of nitro groups is 1. The zero-order valence-corrected chi connectivity index (χ0v) is 16.6. The average molecular weight is 419 g/mol. The smallest absolute Gasteiger partial charge is 0.313 e. The van der Waals surface area contributed by atoms with E-state index in [0.717, 1.165) is 12.8 Å². The summed E-state index contributed by atoms with van der Waals surface area (Å²) in [6, 6.07) is 5.71. The fourth-order valence-corrected chi connectivity index (χ4v) is 3.93. The van der Waals surface area contributed by atoms with Crippen LogP contribution in [0.2, 0.25) is 0 Å². The molecule has 3 rings (SSSR count). The second-order valence-electron chi connectivity index (χ2n) is 7.56. The van der Waals surface area contributed by atoms with E-state index in [-0.39, 0.29) is 23.7 Å². The number of hydrogen-bond acceptors (Lipinski definition) is 7. The van der Waals surface area contributed by atoms with Gasteiger partial charge in [0, 0.05) is 25.6 Å². The molecule has 10 nitrogen and oxygen atoms in total. The molecular weight excluding hydrogens is 394 g/mol. The molecule has 2 amide bonds. The predicted molar refractivity (Wildman–Crippen MR) is 106 cm³/mol. The minimum atomic E-state index is -0.922. The van der Waals surface area contributed by atoms with Crippen LogP contribution < -0.4 is 5.32 Å². The van der Waals surface area contributed by atoms with Crippen molar-refractivity contribution in [3.8, 4) is 0 Å². The van der Waals surface area contributed by atoms with E-state index in [0.29, 0.717) is 39.1 Å². The number of benzene rings is 1. The predicted octanol–water partition coefficient (Wildman–Crippen LogP) is 1.89. The van der Waals surface area contributed by atoms with E-state index in [1.807, 2.05) is 0 Å². The summed E-state index contributed by atoms with van der Waals surface area (Å²) in [5.74, 6) is -1.36. The van der Waals surface area contributed by atoms with E-state index in [2.05, 4.69) is 5.32 Å². The Morgan fingerprint density at radius 1 is 1.17 bits per heavy atom. The van der Waals surface area contributed by atoms with Gasteiger partial charge in [0.05, 0.1) is 23.6 Å². The van der Waals surface area contributed by atoms with Crippen molar-refractivity contribution >= 4 is 29.2 Å². The summed E-state index contributed by atoms with van der Waals surface area (Å²) in [5, 5.41) is 13.4. The van der Waals surface area contributed by atoms with Crippen LogP contribution in [-0.4, -0.2) is 60.5 Å². The van der Waals surface area contributed by atoms with E-state index >= 15 is 0 Å². The first-order valence-corrected chi connectivity index (χ1v) is 9.97. The first-order valence-electron chi connectivity index (χ1n) is 9.97. The largest absolute Gasteiger partial charge is 0.455 e. The Morgan fingerprint density at radius 3 is 2.50 bits per heavy atom. The van der Waals surface area contributed by atoms with Gasteiger partial charge in [-0.05, 0) is 18.9 Å². The highest BCUT2D eigenvalue weighted by molar-refractivity contribution is 5.95. The molecule has 1 heterocycles. The maximum Gasteiger partial charge on any atom is 0.313 e. The molecule has 0 atom stereocenters. The van der Waals surface area contributed by atoms with E-state index in [4.69, 9.17) is 9.47 Å². The SMILES string of the molecule is O=C(COC(=O)C1(CC(=O)N2CCOCC2)CCCC1)Nc1ccccc1[N+](=O)[O-]. The van der Waals surface area contributed by atoms with Crippen LogP contribution in [0, 0.1) is 15.5 Å². The molecule has 1 saturated carbocycles. The summed E-state index contributed by atoms with van der Waals surface area (Å²) in [7, 11) is 0. The van der Waals surface area contributed by atoms with Gasteiger partial charge in [-0.1, -0.05) is 25.0 Å². The number of esters is 1. The number of nitro benzene ring substituents is 1. The van der Waals surface area contributed by atoms with Gasteiger partial charge in [-0.25, -0.2) is 0 Å². The molecule has 0 radical (unpaired) electrons. The van der Waals surface area contributed by atoms with Crippen molar-refractivity contribution < 1.29 is 28.8 Å². The molecule has 1 aromatic carbocycles. The summed E-state index contributed by atoms with van der Waals surface area (Å²) in [5.41, 5.74) is -1.14. The Hall–Kier alpha value is -3.01. The van der Waals surface area contributed by atoms with Crippen molar-refractivity contribution in [3.05, 3.63) is 34.4 Å². The van der Waals surface area contributed by atoms with Crippen molar-refractivity contribution in [1.29, 1.82) is 0 Å². The van der Waals surface area contributed by atoms with Gasteiger partial charge in [-0.2, -0.15) is 0 Å². The van der Waals surface area contributed by atoms with Gasteiger partial charge in [-0.15, -0.1) is 0 Å². The number of rotatable bonds is 7. The summed E-state index contributed by atoms with van der Waals surface area (Å²) in [4.78, 5) is 49.8. The molecule has 2 fully saturated rings. The molecule has 1 aliphatic carbocycles. The molecule has 10 heteroatoms. The number of carbonyl (C=O) groups excluding carboxylic acids is 3. The number of nitrogens with zero attached hydrogens (tertiary/aromatic N) is 2. The topological polar surface area (TPSA) is 128 Å². The van der Waals surface area contributed by atoms with E-state index in [1.54, 1.807) is 11.0 Å². The third kappa shape index (κ3) is 5.12. The minimum absolute atomic E-state index is 0.0293. The number of nitrogens with one attached hydrogen (secondary N) is 1. The molecule has 0 unspecified atom stereocenters. The van der Waals surface area contributed by atoms with Crippen molar-refractivity contribution in [2.75, 3.05) is 38.2 Å². The molecule has 1 saturated heterocycles. The fraction of sp³-hybridized carbons (Fsp3) is 0.550. The van der Waals surface area contributed by atoms with Gasteiger partial charge < -0.3 is 19.7 Å². The van der Waals surface area contributed by atoms with Crippen LogP contribution >= 0.6 is 0 Å². The van der Waals surface area contributed by atoms with Crippen molar-refractivity contribution in [3.63, 3.8) is 0 Å². The summed E-state index contributed by atoms with van der Waals surface area (Å²) < 4.78 is 10.5. The molecular formula is C20H25N3O7. The second-order valence-corrected chi connectivity index (χ2v) is 7.56. The molecule has 0 spiro atoms. The lowest BCUT2D eigenvalue weighted by molar-refractivity contribution is -0.383. The van der Waals surface area contributed by atoms with Gasteiger partial charge in [0.2, 0.25) is 5.91 Å². The maximum absolute atomic E-state index is 12.8. The van der Waals surface area contributed by atoms with Crippen LogP contribution in [0.5, 0.6) is 0 Å². The minimum Gasteiger partial charge on any atom is -0.455 e.